The van der Waals surface area contributed by atoms with Gasteiger partial charge in [0.05, 0.1) is 26.9 Å². The lowest BCUT2D eigenvalue weighted by molar-refractivity contribution is 0.267. The Morgan fingerprint density at radius 2 is 1.73 bits per heavy atom. The van der Waals surface area contributed by atoms with Gasteiger partial charge in [-0.2, -0.15) is 0 Å². The molecular formula is C11H17NO3. The van der Waals surface area contributed by atoms with E-state index in [0.29, 0.717) is 11.5 Å². The summed E-state index contributed by atoms with van der Waals surface area (Å²) >= 11 is 0. The molecule has 0 heterocycles. The van der Waals surface area contributed by atoms with Crippen LogP contribution in [-0.4, -0.2) is 25.9 Å². The average molecular weight is 211 g/mol. The summed E-state index contributed by atoms with van der Waals surface area (Å²) in [7, 11) is 3.19. The van der Waals surface area contributed by atoms with Crippen molar-refractivity contribution >= 4 is 0 Å². The molecule has 15 heavy (non-hydrogen) atoms. The van der Waals surface area contributed by atoms with Gasteiger partial charge in [-0.3, -0.25) is 0 Å². The van der Waals surface area contributed by atoms with Crippen molar-refractivity contribution in [1.29, 1.82) is 0 Å². The van der Waals surface area contributed by atoms with E-state index < -0.39 is 6.04 Å². The summed E-state index contributed by atoms with van der Waals surface area (Å²) in [6, 6.07) is 3.23. The summed E-state index contributed by atoms with van der Waals surface area (Å²) in [5.74, 6) is 1.43. The lowest BCUT2D eigenvalue weighted by atomic mass is 10.0. The predicted molar refractivity (Wildman–Crippen MR) is 58.3 cm³/mol. The minimum atomic E-state index is -0.409. The van der Waals surface area contributed by atoms with Gasteiger partial charge in [0, 0.05) is 5.56 Å². The molecule has 0 unspecified atom stereocenters. The van der Waals surface area contributed by atoms with Crippen molar-refractivity contribution in [3.63, 3.8) is 0 Å². The highest BCUT2D eigenvalue weighted by atomic mass is 16.5. The smallest absolute Gasteiger partial charge is 0.125 e. The van der Waals surface area contributed by atoms with Crippen LogP contribution in [0.3, 0.4) is 0 Å². The highest BCUT2D eigenvalue weighted by molar-refractivity contribution is 5.48. The van der Waals surface area contributed by atoms with Gasteiger partial charge in [0.25, 0.3) is 0 Å². The zero-order valence-corrected chi connectivity index (χ0v) is 9.28. The van der Waals surface area contributed by atoms with Crippen molar-refractivity contribution in [2.75, 3.05) is 20.8 Å². The number of nitrogens with two attached hydrogens (primary N) is 1. The second kappa shape index (κ2) is 5.00. The van der Waals surface area contributed by atoms with Crippen LogP contribution in [0.15, 0.2) is 12.1 Å². The van der Waals surface area contributed by atoms with E-state index in [0.717, 1.165) is 11.1 Å². The Hall–Kier alpha value is -1.26. The van der Waals surface area contributed by atoms with Crippen LogP contribution in [0.4, 0.5) is 0 Å². The number of hydrogen-bond acceptors (Lipinski definition) is 4. The second-order valence-electron chi connectivity index (χ2n) is 3.34. The van der Waals surface area contributed by atoms with Crippen LogP contribution in [0.25, 0.3) is 0 Å². The highest BCUT2D eigenvalue weighted by Gasteiger charge is 2.12. The van der Waals surface area contributed by atoms with E-state index in [1.165, 1.54) is 0 Å². The van der Waals surface area contributed by atoms with Gasteiger partial charge in [0.1, 0.15) is 11.5 Å². The molecule has 1 rings (SSSR count). The van der Waals surface area contributed by atoms with E-state index in [4.69, 9.17) is 20.3 Å². The number of ether oxygens (including phenoxy) is 2. The number of aliphatic hydroxyl groups is 1. The molecule has 1 aromatic rings. The van der Waals surface area contributed by atoms with E-state index in [9.17, 15) is 0 Å². The minimum Gasteiger partial charge on any atom is -0.496 e. The summed E-state index contributed by atoms with van der Waals surface area (Å²) in [4.78, 5) is 0. The fourth-order valence-electron chi connectivity index (χ4n) is 1.43. The maximum Gasteiger partial charge on any atom is 0.125 e. The van der Waals surface area contributed by atoms with Gasteiger partial charge >= 0.3 is 0 Å². The first kappa shape index (κ1) is 11.8. The molecule has 0 saturated heterocycles. The Morgan fingerprint density at radius 3 is 2.07 bits per heavy atom. The third-order valence-electron chi connectivity index (χ3n) is 2.40. The summed E-state index contributed by atoms with van der Waals surface area (Å²) in [6.45, 7) is 1.81. The van der Waals surface area contributed by atoms with Gasteiger partial charge in [0.2, 0.25) is 0 Å². The molecule has 0 aromatic heterocycles. The maximum atomic E-state index is 8.98. The molecule has 84 valence electrons. The Morgan fingerprint density at radius 1 is 1.27 bits per heavy atom. The zero-order chi connectivity index (χ0) is 11.4. The number of aliphatic hydroxyl groups excluding tert-OH is 1. The Bertz CT molecular complexity index is 314. The fourth-order valence-corrected chi connectivity index (χ4v) is 1.43. The molecule has 1 aromatic carbocycles. The molecule has 0 spiro atoms. The monoisotopic (exact) mass is 211 g/mol. The quantitative estimate of drug-likeness (QED) is 0.780. The van der Waals surface area contributed by atoms with Crippen LogP contribution >= 0.6 is 0 Å². The number of methoxy groups -OCH3 is 2. The number of rotatable bonds is 4. The maximum absolute atomic E-state index is 8.98. The zero-order valence-electron chi connectivity index (χ0n) is 9.28. The van der Waals surface area contributed by atoms with Crippen molar-refractivity contribution < 1.29 is 14.6 Å². The topological polar surface area (TPSA) is 64.7 Å². The molecule has 4 heteroatoms. The molecule has 0 aliphatic carbocycles. The molecule has 0 amide bonds. The van der Waals surface area contributed by atoms with E-state index >= 15 is 0 Å². The van der Waals surface area contributed by atoms with Crippen molar-refractivity contribution in [3.05, 3.63) is 23.3 Å². The normalized spacial score (nSPS) is 12.3. The molecule has 0 fully saturated rings. The fraction of sp³-hybridized carbons (Fsp3) is 0.455. The van der Waals surface area contributed by atoms with E-state index in [1.807, 2.05) is 19.1 Å². The molecule has 0 radical (unpaired) electrons. The van der Waals surface area contributed by atoms with Gasteiger partial charge in [-0.25, -0.2) is 0 Å². The van der Waals surface area contributed by atoms with E-state index in [1.54, 1.807) is 14.2 Å². The standard InChI is InChI=1S/C11H17NO3/c1-7-10(14-2)4-8(9(12)6-13)5-11(7)15-3/h4-5,9,13H,6,12H2,1-3H3/t9-/m1/s1. The minimum absolute atomic E-state index is 0.102. The van der Waals surface area contributed by atoms with Gasteiger partial charge in [0.15, 0.2) is 0 Å². The largest absolute Gasteiger partial charge is 0.496 e. The lowest BCUT2D eigenvalue weighted by Gasteiger charge is -2.15. The molecule has 3 N–H and O–H groups in total. The van der Waals surface area contributed by atoms with Gasteiger partial charge < -0.3 is 20.3 Å². The molecule has 0 aliphatic heterocycles. The molecule has 0 bridgehead atoms. The van der Waals surface area contributed by atoms with Crippen LogP contribution in [0, 0.1) is 6.92 Å². The molecule has 0 aliphatic rings. The van der Waals surface area contributed by atoms with Crippen molar-refractivity contribution in [1.82, 2.24) is 0 Å². The lowest BCUT2D eigenvalue weighted by Crippen LogP contribution is -2.14. The van der Waals surface area contributed by atoms with Crippen LogP contribution < -0.4 is 15.2 Å². The second-order valence-corrected chi connectivity index (χ2v) is 3.34. The van der Waals surface area contributed by atoms with Crippen LogP contribution in [-0.2, 0) is 0 Å². The Kier molecular flexibility index (Phi) is 3.94. The average Bonchev–Trinajstić information content (AvgIpc) is 2.28. The third-order valence-corrected chi connectivity index (χ3v) is 2.40. The van der Waals surface area contributed by atoms with Crippen molar-refractivity contribution in [2.24, 2.45) is 5.73 Å². The number of benzene rings is 1. The van der Waals surface area contributed by atoms with Gasteiger partial charge in [-0.1, -0.05) is 0 Å². The summed E-state index contributed by atoms with van der Waals surface area (Å²) in [6.07, 6.45) is 0. The van der Waals surface area contributed by atoms with E-state index in [-0.39, 0.29) is 6.61 Å². The first-order valence-electron chi connectivity index (χ1n) is 4.73. The molecule has 4 nitrogen and oxygen atoms in total. The van der Waals surface area contributed by atoms with Crippen LogP contribution in [0.1, 0.15) is 17.2 Å². The van der Waals surface area contributed by atoms with Crippen LogP contribution in [0.2, 0.25) is 0 Å². The molecular weight excluding hydrogens is 194 g/mol. The highest BCUT2D eigenvalue weighted by Crippen LogP contribution is 2.31. The Balaban J connectivity index is 3.20. The van der Waals surface area contributed by atoms with Crippen molar-refractivity contribution in [2.45, 2.75) is 13.0 Å². The SMILES string of the molecule is COc1cc([C@H](N)CO)cc(OC)c1C. The summed E-state index contributed by atoms with van der Waals surface area (Å²) in [5, 5.41) is 8.98. The van der Waals surface area contributed by atoms with E-state index in [2.05, 4.69) is 0 Å². The first-order valence-corrected chi connectivity index (χ1v) is 4.73. The Labute approximate surface area is 89.6 Å². The van der Waals surface area contributed by atoms with Crippen molar-refractivity contribution in [3.8, 4) is 11.5 Å². The summed E-state index contributed by atoms with van der Waals surface area (Å²) in [5.41, 5.74) is 7.46. The molecule has 1 atom stereocenters. The summed E-state index contributed by atoms with van der Waals surface area (Å²) < 4.78 is 10.4. The van der Waals surface area contributed by atoms with Gasteiger partial charge in [-0.05, 0) is 24.6 Å². The van der Waals surface area contributed by atoms with Gasteiger partial charge in [-0.15, -0.1) is 0 Å². The first-order chi connectivity index (χ1) is 7.13. The number of hydrogen-bond donors (Lipinski definition) is 2. The molecule has 0 saturated carbocycles. The predicted octanol–water partition coefficient (Wildman–Crippen LogP) is 1.00. The van der Waals surface area contributed by atoms with Crippen LogP contribution in [0.5, 0.6) is 11.5 Å². The third kappa shape index (κ3) is 2.40.